The summed E-state index contributed by atoms with van der Waals surface area (Å²) in [5, 5.41) is 13.0. The van der Waals surface area contributed by atoms with Crippen LogP contribution in [0.3, 0.4) is 0 Å². The Bertz CT molecular complexity index is 581. The highest BCUT2D eigenvalue weighted by molar-refractivity contribution is 6.30. The van der Waals surface area contributed by atoms with Crippen molar-refractivity contribution in [2.45, 2.75) is 19.3 Å². The van der Waals surface area contributed by atoms with Crippen molar-refractivity contribution in [1.82, 2.24) is 9.78 Å². The van der Waals surface area contributed by atoms with Crippen LogP contribution in [0.4, 0.5) is 13.2 Å². The number of aromatic nitrogens is 2. The largest absolute Gasteiger partial charge is 0.433 e. The van der Waals surface area contributed by atoms with Gasteiger partial charge in [0.05, 0.1) is 19.3 Å². The van der Waals surface area contributed by atoms with Crippen LogP contribution >= 0.6 is 11.6 Å². The second-order valence-corrected chi connectivity index (χ2v) is 4.40. The summed E-state index contributed by atoms with van der Waals surface area (Å²) in [5.41, 5.74) is -0.574. The van der Waals surface area contributed by atoms with E-state index < -0.39 is 18.5 Å². The molecule has 1 aromatic heterocycles. The minimum atomic E-state index is -4.56. The lowest BCUT2D eigenvalue weighted by molar-refractivity contribution is -0.145. The molecule has 0 unspecified atom stereocenters. The fraction of sp³-hybridized carbons (Fsp3) is 0.250. The van der Waals surface area contributed by atoms with Gasteiger partial charge in [-0.2, -0.15) is 18.3 Å². The van der Waals surface area contributed by atoms with Crippen molar-refractivity contribution in [3.05, 3.63) is 52.3 Å². The lowest BCUT2D eigenvalue weighted by Crippen LogP contribution is -2.17. The Labute approximate surface area is 112 Å². The molecular formula is C12H10ClF3N2O. The molecule has 0 atom stereocenters. The lowest BCUT2D eigenvalue weighted by Gasteiger charge is -2.12. The van der Waals surface area contributed by atoms with Gasteiger partial charge in [0.25, 0.3) is 0 Å². The van der Waals surface area contributed by atoms with E-state index in [1.165, 1.54) is 0 Å². The summed E-state index contributed by atoms with van der Waals surface area (Å²) >= 11 is 5.78. The maximum absolute atomic E-state index is 12.9. The SMILES string of the molecule is OCc1cnn(Cc2cccc(Cl)c2)c1C(F)(F)F. The number of hydrogen-bond donors (Lipinski definition) is 1. The van der Waals surface area contributed by atoms with Crippen LogP contribution in [0.15, 0.2) is 30.5 Å². The topological polar surface area (TPSA) is 38.1 Å². The van der Waals surface area contributed by atoms with Crippen LogP contribution in [0.1, 0.15) is 16.8 Å². The molecule has 0 fully saturated rings. The Kier molecular flexibility index (Phi) is 3.82. The van der Waals surface area contributed by atoms with Gasteiger partial charge in [-0.1, -0.05) is 23.7 Å². The van der Waals surface area contributed by atoms with E-state index in [0.29, 0.717) is 10.6 Å². The van der Waals surface area contributed by atoms with Crippen LogP contribution in [0.5, 0.6) is 0 Å². The summed E-state index contributed by atoms with van der Waals surface area (Å²) in [5.74, 6) is 0. The van der Waals surface area contributed by atoms with Gasteiger partial charge in [-0.05, 0) is 17.7 Å². The van der Waals surface area contributed by atoms with E-state index in [4.69, 9.17) is 16.7 Å². The predicted octanol–water partition coefficient (Wildman–Crippen LogP) is 3.10. The van der Waals surface area contributed by atoms with Gasteiger partial charge in [0.15, 0.2) is 0 Å². The average Bonchev–Trinajstić information content (AvgIpc) is 2.71. The first-order chi connectivity index (χ1) is 8.91. The van der Waals surface area contributed by atoms with Gasteiger partial charge in [-0.15, -0.1) is 0 Å². The Balaban J connectivity index is 2.38. The minimum Gasteiger partial charge on any atom is -0.392 e. The molecule has 0 amide bonds. The summed E-state index contributed by atoms with van der Waals surface area (Å²) in [6.45, 7) is -0.764. The molecule has 0 saturated heterocycles. The summed E-state index contributed by atoms with van der Waals surface area (Å²) in [7, 11) is 0. The van der Waals surface area contributed by atoms with Crippen molar-refractivity contribution in [3.63, 3.8) is 0 Å². The molecule has 0 spiro atoms. The molecule has 102 valence electrons. The van der Waals surface area contributed by atoms with Crippen molar-refractivity contribution in [2.75, 3.05) is 0 Å². The van der Waals surface area contributed by atoms with E-state index in [1.54, 1.807) is 24.3 Å². The first-order valence-corrected chi connectivity index (χ1v) is 5.77. The quantitative estimate of drug-likeness (QED) is 0.943. The highest BCUT2D eigenvalue weighted by Gasteiger charge is 2.37. The van der Waals surface area contributed by atoms with Gasteiger partial charge in [-0.25, -0.2) is 0 Å². The second kappa shape index (κ2) is 5.22. The van der Waals surface area contributed by atoms with Crippen LogP contribution in [-0.4, -0.2) is 14.9 Å². The molecule has 7 heteroatoms. The van der Waals surface area contributed by atoms with E-state index in [1.807, 2.05) is 0 Å². The van der Waals surface area contributed by atoms with Crippen LogP contribution in [0.25, 0.3) is 0 Å². The monoisotopic (exact) mass is 290 g/mol. The van der Waals surface area contributed by atoms with Crippen molar-refractivity contribution in [1.29, 1.82) is 0 Å². The number of hydrogen-bond acceptors (Lipinski definition) is 2. The molecule has 1 aromatic carbocycles. The first kappa shape index (κ1) is 13.9. The number of benzene rings is 1. The molecule has 19 heavy (non-hydrogen) atoms. The van der Waals surface area contributed by atoms with Gasteiger partial charge in [0.1, 0.15) is 5.69 Å². The third-order valence-electron chi connectivity index (χ3n) is 2.58. The molecule has 0 radical (unpaired) electrons. The zero-order valence-corrected chi connectivity index (χ0v) is 10.4. The fourth-order valence-electron chi connectivity index (χ4n) is 1.80. The number of nitrogens with zero attached hydrogens (tertiary/aromatic N) is 2. The van der Waals surface area contributed by atoms with E-state index in [2.05, 4.69) is 5.10 Å². The highest BCUT2D eigenvalue weighted by atomic mass is 35.5. The Morgan fingerprint density at radius 1 is 1.32 bits per heavy atom. The molecule has 1 heterocycles. The number of halogens is 4. The van der Waals surface area contributed by atoms with Gasteiger partial charge >= 0.3 is 6.18 Å². The maximum Gasteiger partial charge on any atom is 0.433 e. The number of alkyl halides is 3. The van der Waals surface area contributed by atoms with Crippen LogP contribution in [0, 0.1) is 0 Å². The highest BCUT2D eigenvalue weighted by Crippen LogP contribution is 2.32. The van der Waals surface area contributed by atoms with Gasteiger partial charge in [0, 0.05) is 10.6 Å². The smallest absolute Gasteiger partial charge is 0.392 e. The normalized spacial score (nSPS) is 11.8. The summed E-state index contributed by atoms with van der Waals surface area (Å²) in [6.07, 6.45) is -3.54. The Hall–Kier alpha value is -1.53. The molecule has 2 aromatic rings. The summed E-state index contributed by atoms with van der Waals surface area (Å²) < 4.78 is 39.6. The molecule has 2 rings (SSSR count). The molecule has 0 saturated carbocycles. The van der Waals surface area contributed by atoms with E-state index in [0.717, 1.165) is 10.9 Å². The molecule has 3 nitrogen and oxygen atoms in total. The predicted molar refractivity (Wildman–Crippen MR) is 63.7 cm³/mol. The van der Waals surface area contributed by atoms with E-state index in [9.17, 15) is 13.2 Å². The number of aliphatic hydroxyl groups excluding tert-OH is 1. The zero-order chi connectivity index (χ0) is 14.0. The third-order valence-corrected chi connectivity index (χ3v) is 2.81. The van der Waals surface area contributed by atoms with Gasteiger partial charge in [-0.3, -0.25) is 4.68 Å². The van der Waals surface area contributed by atoms with Crippen LogP contribution < -0.4 is 0 Å². The van der Waals surface area contributed by atoms with Crippen molar-refractivity contribution >= 4 is 11.6 Å². The van der Waals surface area contributed by atoms with Gasteiger partial charge in [0.2, 0.25) is 0 Å². The minimum absolute atomic E-state index is 0.0601. The molecule has 1 N–H and O–H groups in total. The Morgan fingerprint density at radius 2 is 2.05 bits per heavy atom. The first-order valence-electron chi connectivity index (χ1n) is 5.39. The summed E-state index contributed by atoms with van der Waals surface area (Å²) in [4.78, 5) is 0. The van der Waals surface area contributed by atoms with Crippen molar-refractivity contribution < 1.29 is 18.3 Å². The third kappa shape index (κ3) is 3.08. The number of rotatable bonds is 3. The van der Waals surface area contributed by atoms with Crippen LogP contribution in [-0.2, 0) is 19.3 Å². The lowest BCUT2D eigenvalue weighted by atomic mass is 10.2. The van der Waals surface area contributed by atoms with Crippen molar-refractivity contribution in [2.24, 2.45) is 0 Å². The maximum atomic E-state index is 12.9. The second-order valence-electron chi connectivity index (χ2n) is 3.96. The van der Waals surface area contributed by atoms with Crippen LogP contribution in [0.2, 0.25) is 5.02 Å². The van der Waals surface area contributed by atoms with Gasteiger partial charge < -0.3 is 5.11 Å². The van der Waals surface area contributed by atoms with E-state index in [-0.39, 0.29) is 12.1 Å². The summed E-state index contributed by atoms with van der Waals surface area (Å²) in [6, 6.07) is 6.52. The molecular weight excluding hydrogens is 281 g/mol. The number of aliphatic hydroxyl groups is 1. The standard InChI is InChI=1S/C12H10ClF3N2O/c13-10-3-1-2-8(4-10)6-18-11(12(14,15)16)9(7-19)5-17-18/h1-5,19H,6-7H2. The fourth-order valence-corrected chi connectivity index (χ4v) is 2.01. The average molecular weight is 291 g/mol. The molecule has 0 aliphatic heterocycles. The zero-order valence-electron chi connectivity index (χ0n) is 9.65. The van der Waals surface area contributed by atoms with Crippen molar-refractivity contribution in [3.8, 4) is 0 Å². The van der Waals surface area contributed by atoms with E-state index >= 15 is 0 Å². The molecule has 0 bridgehead atoms. The molecule has 0 aliphatic carbocycles. The Morgan fingerprint density at radius 3 is 2.63 bits per heavy atom. The molecule has 0 aliphatic rings.